The van der Waals surface area contributed by atoms with Crippen LogP contribution >= 0.6 is 0 Å². The molecule has 4 nitrogen and oxygen atoms in total. The summed E-state index contributed by atoms with van der Waals surface area (Å²) in [6.45, 7) is 0. The first-order valence-electron chi connectivity index (χ1n) is 4.80. The minimum absolute atomic E-state index is 0.0889. The maximum atomic E-state index is 11.0. The van der Waals surface area contributed by atoms with Crippen molar-refractivity contribution in [1.29, 1.82) is 0 Å². The van der Waals surface area contributed by atoms with Crippen LogP contribution in [0.1, 0.15) is 32.1 Å². The Hall–Kier alpha value is -0.610. The van der Waals surface area contributed by atoms with Crippen LogP contribution in [0.3, 0.4) is 0 Å². The van der Waals surface area contributed by atoms with Crippen molar-refractivity contribution in [1.82, 2.24) is 5.43 Å². The highest BCUT2D eigenvalue weighted by Gasteiger charge is 2.26. The Labute approximate surface area is 78.8 Å². The molecule has 1 aliphatic carbocycles. The van der Waals surface area contributed by atoms with Crippen LogP contribution in [0.4, 0.5) is 0 Å². The Bertz CT molecular complexity index is 173. The molecule has 4 heteroatoms. The summed E-state index contributed by atoms with van der Waals surface area (Å²) in [5, 5.41) is 0. The maximum Gasteiger partial charge on any atom is 0.234 e. The van der Waals surface area contributed by atoms with E-state index in [9.17, 15) is 4.79 Å². The third-order valence-corrected chi connectivity index (χ3v) is 2.75. The molecule has 2 unspecified atom stereocenters. The van der Waals surface area contributed by atoms with E-state index in [1.54, 1.807) is 7.11 Å². The zero-order chi connectivity index (χ0) is 9.68. The number of hydrazine groups is 1. The summed E-state index contributed by atoms with van der Waals surface area (Å²) in [4.78, 5) is 11.0. The summed E-state index contributed by atoms with van der Waals surface area (Å²) in [6.07, 6.45) is 5.28. The highest BCUT2D eigenvalue weighted by Crippen LogP contribution is 2.28. The van der Waals surface area contributed by atoms with Gasteiger partial charge in [-0.05, 0) is 18.8 Å². The molecule has 0 radical (unpaired) electrons. The summed E-state index contributed by atoms with van der Waals surface area (Å²) >= 11 is 0. The molecule has 0 aromatic carbocycles. The van der Waals surface area contributed by atoms with Gasteiger partial charge in [0.2, 0.25) is 5.91 Å². The van der Waals surface area contributed by atoms with E-state index in [4.69, 9.17) is 10.6 Å². The number of nitrogens with one attached hydrogen (secondary N) is 1. The second-order valence-corrected chi connectivity index (χ2v) is 3.59. The highest BCUT2D eigenvalue weighted by atomic mass is 16.5. The van der Waals surface area contributed by atoms with Crippen LogP contribution in [0.5, 0.6) is 0 Å². The summed E-state index contributed by atoms with van der Waals surface area (Å²) in [7, 11) is 1.71. The summed E-state index contributed by atoms with van der Waals surface area (Å²) in [5.41, 5.74) is 2.16. The van der Waals surface area contributed by atoms with Crippen LogP contribution in [0.2, 0.25) is 0 Å². The highest BCUT2D eigenvalue weighted by molar-refractivity contribution is 5.75. The van der Waals surface area contributed by atoms with Crippen molar-refractivity contribution in [2.24, 2.45) is 11.8 Å². The Morgan fingerprint density at radius 3 is 2.85 bits per heavy atom. The fourth-order valence-corrected chi connectivity index (χ4v) is 2.01. The van der Waals surface area contributed by atoms with Gasteiger partial charge in [-0.2, -0.15) is 0 Å². The van der Waals surface area contributed by atoms with Crippen LogP contribution in [0, 0.1) is 5.92 Å². The first-order chi connectivity index (χ1) is 6.27. The van der Waals surface area contributed by atoms with Gasteiger partial charge in [-0.25, -0.2) is 5.84 Å². The van der Waals surface area contributed by atoms with E-state index in [1.807, 2.05) is 0 Å². The molecule has 0 aliphatic heterocycles. The average molecular weight is 186 g/mol. The van der Waals surface area contributed by atoms with Gasteiger partial charge in [-0.15, -0.1) is 0 Å². The summed E-state index contributed by atoms with van der Waals surface area (Å²) in [5.74, 6) is 5.30. The lowest BCUT2D eigenvalue weighted by Gasteiger charge is -2.29. The molecule has 0 saturated heterocycles. The van der Waals surface area contributed by atoms with Gasteiger partial charge in [-0.1, -0.05) is 12.8 Å². The van der Waals surface area contributed by atoms with Crippen molar-refractivity contribution < 1.29 is 9.53 Å². The molecule has 13 heavy (non-hydrogen) atoms. The van der Waals surface area contributed by atoms with Crippen molar-refractivity contribution in [2.45, 2.75) is 38.2 Å². The van der Waals surface area contributed by atoms with Gasteiger partial charge >= 0.3 is 0 Å². The van der Waals surface area contributed by atoms with E-state index in [0.717, 1.165) is 12.8 Å². The SMILES string of the molecule is COC1CCCCC1CC(=O)NN. The fourth-order valence-electron chi connectivity index (χ4n) is 2.01. The number of carbonyl (C=O) groups excluding carboxylic acids is 1. The number of methoxy groups -OCH3 is 1. The zero-order valence-electron chi connectivity index (χ0n) is 8.08. The van der Waals surface area contributed by atoms with Crippen LogP contribution in [-0.2, 0) is 9.53 Å². The van der Waals surface area contributed by atoms with Crippen molar-refractivity contribution in [3.63, 3.8) is 0 Å². The van der Waals surface area contributed by atoms with Crippen molar-refractivity contribution >= 4 is 5.91 Å². The quantitative estimate of drug-likeness (QED) is 0.385. The van der Waals surface area contributed by atoms with Gasteiger partial charge in [0.05, 0.1) is 6.10 Å². The number of ether oxygens (including phenoxy) is 1. The average Bonchev–Trinajstić information content (AvgIpc) is 2.18. The molecule has 0 spiro atoms. The number of hydrogen-bond acceptors (Lipinski definition) is 3. The van der Waals surface area contributed by atoms with Crippen LogP contribution < -0.4 is 11.3 Å². The predicted molar refractivity (Wildman–Crippen MR) is 49.7 cm³/mol. The molecular formula is C9H18N2O2. The number of hydrogen-bond donors (Lipinski definition) is 2. The normalized spacial score (nSPS) is 28.5. The first kappa shape index (κ1) is 10.5. The molecule has 1 rings (SSSR count). The van der Waals surface area contributed by atoms with E-state index < -0.39 is 0 Å². The third kappa shape index (κ3) is 2.97. The second kappa shape index (κ2) is 5.19. The molecule has 0 aromatic heterocycles. The molecule has 76 valence electrons. The van der Waals surface area contributed by atoms with Gasteiger partial charge in [0.1, 0.15) is 0 Å². The molecule has 0 aromatic rings. The smallest absolute Gasteiger partial charge is 0.234 e. The van der Waals surface area contributed by atoms with Gasteiger partial charge in [-0.3, -0.25) is 10.2 Å². The van der Waals surface area contributed by atoms with Crippen molar-refractivity contribution in [2.75, 3.05) is 7.11 Å². The van der Waals surface area contributed by atoms with Crippen LogP contribution in [0.15, 0.2) is 0 Å². The molecular weight excluding hydrogens is 168 g/mol. The first-order valence-corrected chi connectivity index (χ1v) is 4.80. The Morgan fingerprint density at radius 2 is 2.23 bits per heavy atom. The lowest BCUT2D eigenvalue weighted by Crippen LogP contribution is -2.36. The lowest BCUT2D eigenvalue weighted by molar-refractivity contribution is -0.123. The summed E-state index contributed by atoms with van der Waals surface area (Å²) in [6, 6.07) is 0. The molecule has 0 heterocycles. The number of amides is 1. The molecule has 1 amide bonds. The topological polar surface area (TPSA) is 64.3 Å². The molecule has 1 aliphatic rings. The van der Waals surface area contributed by atoms with Crippen LogP contribution in [0.25, 0.3) is 0 Å². The van der Waals surface area contributed by atoms with E-state index >= 15 is 0 Å². The Morgan fingerprint density at radius 1 is 1.54 bits per heavy atom. The van der Waals surface area contributed by atoms with Gasteiger partial charge in [0.15, 0.2) is 0 Å². The van der Waals surface area contributed by atoms with E-state index in [0.29, 0.717) is 12.3 Å². The van der Waals surface area contributed by atoms with Gasteiger partial charge in [0.25, 0.3) is 0 Å². The molecule has 1 fully saturated rings. The monoisotopic (exact) mass is 186 g/mol. The minimum Gasteiger partial charge on any atom is -0.381 e. The third-order valence-electron chi connectivity index (χ3n) is 2.75. The standard InChI is InChI=1S/C9H18N2O2/c1-13-8-5-3-2-4-7(8)6-9(12)11-10/h7-8H,2-6,10H2,1H3,(H,11,12). The van der Waals surface area contributed by atoms with Crippen LogP contribution in [-0.4, -0.2) is 19.1 Å². The summed E-state index contributed by atoms with van der Waals surface area (Å²) < 4.78 is 5.33. The van der Waals surface area contributed by atoms with E-state index in [-0.39, 0.29) is 12.0 Å². The largest absolute Gasteiger partial charge is 0.381 e. The van der Waals surface area contributed by atoms with Crippen molar-refractivity contribution in [3.05, 3.63) is 0 Å². The predicted octanol–water partition coefficient (Wildman–Crippen LogP) is 0.572. The van der Waals surface area contributed by atoms with Crippen molar-refractivity contribution in [3.8, 4) is 0 Å². The molecule has 1 saturated carbocycles. The Balaban J connectivity index is 2.40. The fraction of sp³-hybridized carbons (Fsp3) is 0.889. The zero-order valence-corrected chi connectivity index (χ0v) is 8.08. The van der Waals surface area contributed by atoms with E-state index in [1.165, 1.54) is 12.8 Å². The lowest BCUT2D eigenvalue weighted by atomic mass is 9.84. The number of nitrogens with two attached hydrogens (primary N) is 1. The number of rotatable bonds is 3. The minimum atomic E-state index is -0.0889. The molecule has 3 N–H and O–H groups in total. The molecule has 2 atom stereocenters. The number of carbonyl (C=O) groups is 1. The van der Waals surface area contributed by atoms with Gasteiger partial charge in [0, 0.05) is 13.5 Å². The van der Waals surface area contributed by atoms with Gasteiger partial charge < -0.3 is 4.74 Å². The Kier molecular flexibility index (Phi) is 4.18. The maximum absolute atomic E-state index is 11.0. The second-order valence-electron chi connectivity index (χ2n) is 3.59. The molecule has 0 bridgehead atoms. The van der Waals surface area contributed by atoms with E-state index in [2.05, 4.69) is 5.43 Å².